The third-order valence-corrected chi connectivity index (χ3v) is 3.59. The van der Waals surface area contributed by atoms with Crippen LogP contribution in [0, 0.1) is 6.92 Å². The molecule has 0 aliphatic rings. The van der Waals surface area contributed by atoms with E-state index in [2.05, 4.69) is 18.9 Å². The summed E-state index contributed by atoms with van der Waals surface area (Å²) in [5, 5.41) is 13.8. The van der Waals surface area contributed by atoms with E-state index >= 15 is 0 Å². The van der Waals surface area contributed by atoms with Gasteiger partial charge < -0.3 is 10.0 Å². The van der Waals surface area contributed by atoms with Gasteiger partial charge in [-0.1, -0.05) is 13.8 Å². The molecule has 1 heterocycles. The second kappa shape index (κ2) is 7.43. The van der Waals surface area contributed by atoms with Gasteiger partial charge in [-0.05, 0) is 39.2 Å². The lowest BCUT2D eigenvalue weighted by molar-refractivity contribution is 0.0753. The summed E-state index contributed by atoms with van der Waals surface area (Å²) >= 11 is 0. The lowest BCUT2D eigenvalue weighted by Gasteiger charge is -2.21. The van der Waals surface area contributed by atoms with E-state index in [-0.39, 0.29) is 11.9 Å². The lowest BCUT2D eigenvalue weighted by Crippen LogP contribution is -2.32. The van der Waals surface area contributed by atoms with Gasteiger partial charge in [0, 0.05) is 13.6 Å². The molecule has 0 saturated carbocycles. The van der Waals surface area contributed by atoms with Crippen LogP contribution < -0.4 is 0 Å². The highest BCUT2D eigenvalue weighted by atomic mass is 16.3. The fourth-order valence-corrected chi connectivity index (χ4v) is 2.27. The van der Waals surface area contributed by atoms with E-state index in [9.17, 15) is 9.90 Å². The molecule has 0 saturated heterocycles. The van der Waals surface area contributed by atoms with E-state index in [0.29, 0.717) is 18.7 Å². The predicted molar refractivity (Wildman–Crippen MR) is 79.8 cm³/mol. The standard InChI is InChI=1S/C15H27N3O2/c1-6-13(7-2)18-14(10-11(3)16-18)15(20)17(5)9-8-12(4)19/h10,12-13,19H,6-9H2,1-5H3. The number of hydrogen-bond donors (Lipinski definition) is 1. The summed E-state index contributed by atoms with van der Waals surface area (Å²) in [5.74, 6) is -0.0295. The Morgan fingerprint density at radius 3 is 2.55 bits per heavy atom. The molecule has 0 aliphatic carbocycles. The number of hydrogen-bond acceptors (Lipinski definition) is 3. The van der Waals surface area contributed by atoms with Crippen LogP contribution in [-0.2, 0) is 0 Å². The van der Waals surface area contributed by atoms with Gasteiger partial charge in [-0.3, -0.25) is 9.48 Å². The Labute approximate surface area is 121 Å². The Morgan fingerprint density at radius 1 is 1.45 bits per heavy atom. The van der Waals surface area contributed by atoms with E-state index in [0.717, 1.165) is 18.5 Å². The SMILES string of the molecule is CCC(CC)n1nc(C)cc1C(=O)N(C)CCC(C)O. The van der Waals surface area contributed by atoms with Crippen molar-refractivity contribution in [3.05, 3.63) is 17.5 Å². The number of aromatic nitrogens is 2. The molecule has 1 rings (SSSR count). The molecule has 5 heteroatoms. The molecule has 1 N–H and O–H groups in total. The number of aliphatic hydroxyl groups is 1. The number of carbonyl (C=O) groups is 1. The van der Waals surface area contributed by atoms with Crippen LogP contribution >= 0.6 is 0 Å². The van der Waals surface area contributed by atoms with E-state index in [4.69, 9.17) is 0 Å². The van der Waals surface area contributed by atoms with Crippen LogP contribution in [0.3, 0.4) is 0 Å². The van der Waals surface area contributed by atoms with Crippen LogP contribution in [0.1, 0.15) is 62.3 Å². The van der Waals surface area contributed by atoms with Gasteiger partial charge in [0.2, 0.25) is 0 Å². The number of nitrogens with zero attached hydrogens (tertiary/aromatic N) is 3. The van der Waals surface area contributed by atoms with Gasteiger partial charge in [0.25, 0.3) is 5.91 Å². The quantitative estimate of drug-likeness (QED) is 0.835. The minimum Gasteiger partial charge on any atom is -0.393 e. The van der Waals surface area contributed by atoms with Gasteiger partial charge in [0.05, 0.1) is 17.8 Å². The maximum atomic E-state index is 12.5. The molecule has 20 heavy (non-hydrogen) atoms. The van der Waals surface area contributed by atoms with Crippen LogP contribution in [0.15, 0.2) is 6.07 Å². The molecule has 0 radical (unpaired) electrons. The van der Waals surface area contributed by atoms with Crippen LogP contribution in [0.2, 0.25) is 0 Å². The fourth-order valence-electron chi connectivity index (χ4n) is 2.27. The summed E-state index contributed by atoms with van der Waals surface area (Å²) in [7, 11) is 1.77. The molecular formula is C15H27N3O2. The van der Waals surface area contributed by atoms with E-state index < -0.39 is 6.10 Å². The Balaban J connectivity index is 2.92. The van der Waals surface area contributed by atoms with Crippen molar-refractivity contribution in [2.45, 2.75) is 59.1 Å². The molecule has 0 spiro atoms. The smallest absolute Gasteiger partial charge is 0.271 e. The summed E-state index contributed by atoms with van der Waals surface area (Å²) in [6.45, 7) is 8.40. The van der Waals surface area contributed by atoms with E-state index in [1.807, 2.05) is 17.7 Å². The molecule has 1 amide bonds. The number of amides is 1. The Kier molecular flexibility index (Phi) is 6.20. The minimum atomic E-state index is -0.393. The molecule has 1 atom stereocenters. The zero-order valence-corrected chi connectivity index (χ0v) is 13.3. The maximum Gasteiger partial charge on any atom is 0.271 e. The van der Waals surface area contributed by atoms with Crippen molar-refractivity contribution in [3.8, 4) is 0 Å². The highest BCUT2D eigenvalue weighted by molar-refractivity contribution is 5.92. The first kappa shape index (κ1) is 16.7. The van der Waals surface area contributed by atoms with Gasteiger partial charge in [0.15, 0.2) is 0 Å². The molecule has 1 unspecified atom stereocenters. The fraction of sp³-hybridized carbons (Fsp3) is 0.733. The summed E-state index contributed by atoms with van der Waals surface area (Å²) < 4.78 is 1.86. The van der Waals surface area contributed by atoms with Gasteiger partial charge in [0.1, 0.15) is 5.69 Å². The molecule has 5 nitrogen and oxygen atoms in total. The Morgan fingerprint density at radius 2 is 2.05 bits per heavy atom. The molecule has 0 bridgehead atoms. The van der Waals surface area contributed by atoms with Crippen LogP contribution in [0.25, 0.3) is 0 Å². The zero-order valence-electron chi connectivity index (χ0n) is 13.3. The number of aliphatic hydroxyl groups excluding tert-OH is 1. The largest absolute Gasteiger partial charge is 0.393 e. The van der Waals surface area contributed by atoms with E-state index in [1.54, 1.807) is 18.9 Å². The second-order valence-electron chi connectivity index (χ2n) is 5.45. The third-order valence-electron chi connectivity index (χ3n) is 3.59. The van der Waals surface area contributed by atoms with Crippen molar-refractivity contribution in [3.63, 3.8) is 0 Å². The van der Waals surface area contributed by atoms with Crippen molar-refractivity contribution in [1.82, 2.24) is 14.7 Å². The monoisotopic (exact) mass is 281 g/mol. The lowest BCUT2D eigenvalue weighted by atomic mass is 10.1. The van der Waals surface area contributed by atoms with E-state index in [1.165, 1.54) is 0 Å². The summed E-state index contributed by atoms with van der Waals surface area (Å²) in [5.41, 5.74) is 1.51. The molecule has 1 aromatic rings. The number of rotatable bonds is 7. The number of carbonyl (C=O) groups excluding carboxylic acids is 1. The highest BCUT2D eigenvalue weighted by Gasteiger charge is 2.21. The van der Waals surface area contributed by atoms with Gasteiger partial charge in [-0.2, -0.15) is 5.10 Å². The van der Waals surface area contributed by atoms with Crippen molar-refractivity contribution < 1.29 is 9.90 Å². The number of aryl methyl sites for hydroxylation is 1. The maximum absolute atomic E-state index is 12.5. The molecular weight excluding hydrogens is 254 g/mol. The van der Waals surface area contributed by atoms with Crippen molar-refractivity contribution in [2.24, 2.45) is 0 Å². The molecule has 1 aromatic heterocycles. The van der Waals surface area contributed by atoms with Crippen molar-refractivity contribution >= 4 is 5.91 Å². The first-order chi connectivity index (χ1) is 9.40. The first-order valence-electron chi connectivity index (χ1n) is 7.40. The molecule has 0 fully saturated rings. The minimum absolute atomic E-state index is 0.0295. The molecule has 0 aromatic carbocycles. The highest BCUT2D eigenvalue weighted by Crippen LogP contribution is 2.19. The summed E-state index contributed by atoms with van der Waals surface area (Å²) in [6.07, 6.45) is 2.10. The Hall–Kier alpha value is -1.36. The normalized spacial score (nSPS) is 12.8. The molecule has 0 aliphatic heterocycles. The summed E-state index contributed by atoms with van der Waals surface area (Å²) in [4.78, 5) is 14.2. The first-order valence-corrected chi connectivity index (χ1v) is 7.40. The average Bonchev–Trinajstić information content (AvgIpc) is 2.78. The van der Waals surface area contributed by atoms with Gasteiger partial charge in [-0.15, -0.1) is 0 Å². The van der Waals surface area contributed by atoms with Gasteiger partial charge >= 0.3 is 0 Å². The van der Waals surface area contributed by atoms with Crippen LogP contribution in [0.4, 0.5) is 0 Å². The topological polar surface area (TPSA) is 58.4 Å². The molecule has 114 valence electrons. The van der Waals surface area contributed by atoms with Crippen LogP contribution in [0.5, 0.6) is 0 Å². The van der Waals surface area contributed by atoms with Gasteiger partial charge in [-0.25, -0.2) is 0 Å². The second-order valence-corrected chi connectivity index (χ2v) is 5.45. The predicted octanol–water partition coefficient (Wildman–Crippen LogP) is 2.40. The zero-order chi connectivity index (χ0) is 15.3. The van der Waals surface area contributed by atoms with Crippen molar-refractivity contribution in [2.75, 3.05) is 13.6 Å². The Bertz CT molecular complexity index is 436. The average molecular weight is 281 g/mol. The third kappa shape index (κ3) is 4.07. The van der Waals surface area contributed by atoms with Crippen LogP contribution in [-0.4, -0.2) is 45.4 Å². The van der Waals surface area contributed by atoms with Crippen molar-refractivity contribution in [1.29, 1.82) is 0 Å². The summed E-state index contributed by atoms with van der Waals surface area (Å²) in [6, 6.07) is 2.10.